The van der Waals surface area contributed by atoms with Gasteiger partial charge in [-0.1, -0.05) is 0 Å². The lowest BCUT2D eigenvalue weighted by atomic mass is 10.1. The Hall–Kier alpha value is -0.120. The van der Waals surface area contributed by atoms with Crippen molar-refractivity contribution in [2.45, 2.75) is 25.4 Å². The number of likely N-dealkylation sites (tertiary alicyclic amines) is 1. The molecule has 6 nitrogen and oxygen atoms in total. The summed E-state index contributed by atoms with van der Waals surface area (Å²) in [6, 6.07) is 0. The highest BCUT2D eigenvalue weighted by atomic mass is 127. The lowest BCUT2D eigenvalue weighted by Gasteiger charge is -2.21. The highest BCUT2D eigenvalue weighted by Crippen LogP contribution is 2.16. The van der Waals surface area contributed by atoms with Gasteiger partial charge in [0, 0.05) is 46.3 Å². The Bertz CT molecular complexity index is 325. The van der Waals surface area contributed by atoms with Gasteiger partial charge in [0.05, 0.1) is 25.9 Å². The Morgan fingerprint density at radius 1 is 1.36 bits per heavy atom. The molecule has 0 amide bonds. The van der Waals surface area contributed by atoms with Crippen LogP contribution in [0.2, 0.25) is 0 Å². The molecule has 130 valence electrons. The molecule has 0 spiro atoms. The zero-order chi connectivity index (χ0) is 14.9. The van der Waals surface area contributed by atoms with Gasteiger partial charge in [-0.15, -0.1) is 24.0 Å². The van der Waals surface area contributed by atoms with E-state index in [9.17, 15) is 0 Å². The van der Waals surface area contributed by atoms with E-state index in [4.69, 9.17) is 14.2 Å². The van der Waals surface area contributed by atoms with E-state index in [0.29, 0.717) is 25.2 Å². The molecule has 7 heteroatoms. The highest BCUT2D eigenvalue weighted by molar-refractivity contribution is 14.0. The van der Waals surface area contributed by atoms with Gasteiger partial charge < -0.3 is 24.4 Å². The third kappa shape index (κ3) is 6.55. The van der Waals surface area contributed by atoms with E-state index >= 15 is 0 Å². The summed E-state index contributed by atoms with van der Waals surface area (Å²) in [6.45, 7) is 5.96. The lowest BCUT2D eigenvalue weighted by molar-refractivity contribution is 0.0190. The van der Waals surface area contributed by atoms with Crippen LogP contribution in [-0.4, -0.2) is 77.2 Å². The fourth-order valence-electron chi connectivity index (χ4n) is 2.95. The summed E-state index contributed by atoms with van der Waals surface area (Å²) in [5, 5.41) is 3.37. The molecule has 0 saturated carbocycles. The van der Waals surface area contributed by atoms with Crippen molar-refractivity contribution < 1.29 is 14.2 Å². The maximum absolute atomic E-state index is 5.65. The minimum atomic E-state index is 0. The van der Waals surface area contributed by atoms with Crippen LogP contribution in [0, 0.1) is 5.92 Å². The molecule has 22 heavy (non-hydrogen) atoms. The van der Waals surface area contributed by atoms with E-state index in [0.717, 1.165) is 51.6 Å². The van der Waals surface area contributed by atoms with Crippen molar-refractivity contribution in [1.29, 1.82) is 0 Å². The van der Waals surface area contributed by atoms with Gasteiger partial charge >= 0.3 is 0 Å². The zero-order valence-electron chi connectivity index (χ0n) is 13.8. The van der Waals surface area contributed by atoms with Crippen LogP contribution in [0.15, 0.2) is 4.99 Å². The summed E-state index contributed by atoms with van der Waals surface area (Å²) in [7, 11) is 3.60. The Labute approximate surface area is 151 Å². The standard InChI is InChI=1S/C15H29N3O3.HI/c1-16-15(18-7-5-13(10-18)11-19-2)17-6-9-20-12-14-4-3-8-21-14;/h13-14H,3-12H2,1-2H3,(H,16,17);1H. The summed E-state index contributed by atoms with van der Waals surface area (Å²) in [5.41, 5.74) is 0. The first kappa shape index (κ1) is 19.9. The van der Waals surface area contributed by atoms with Crippen LogP contribution in [0.5, 0.6) is 0 Å². The second-order valence-corrected chi connectivity index (χ2v) is 5.74. The molecule has 2 heterocycles. The van der Waals surface area contributed by atoms with Crippen molar-refractivity contribution in [3.05, 3.63) is 0 Å². The van der Waals surface area contributed by atoms with Gasteiger partial charge in [0.1, 0.15) is 0 Å². The number of nitrogens with one attached hydrogen (secondary N) is 1. The first-order valence-electron chi connectivity index (χ1n) is 7.97. The van der Waals surface area contributed by atoms with Crippen molar-refractivity contribution in [2.75, 3.05) is 60.2 Å². The number of methoxy groups -OCH3 is 1. The number of halogens is 1. The molecule has 2 fully saturated rings. The number of nitrogens with zero attached hydrogens (tertiary/aromatic N) is 2. The number of hydrogen-bond donors (Lipinski definition) is 1. The average Bonchev–Trinajstić information content (AvgIpc) is 3.15. The van der Waals surface area contributed by atoms with Crippen LogP contribution in [0.1, 0.15) is 19.3 Å². The number of hydrogen-bond acceptors (Lipinski definition) is 4. The first-order chi connectivity index (χ1) is 10.3. The predicted octanol–water partition coefficient (Wildman–Crippen LogP) is 1.34. The number of rotatable bonds is 7. The van der Waals surface area contributed by atoms with Gasteiger partial charge in [-0.2, -0.15) is 0 Å². The largest absolute Gasteiger partial charge is 0.384 e. The fraction of sp³-hybridized carbons (Fsp3) is 0.933. The van der Waals surface area contributed by atoms with Crippen LogP contribution in [0.3, 0.4) is 0 Å². The molecule has 0 aromatic rings. The number of aliphatic imine (C=N–C) groups is 1. The van der Waals surface area contributed by atoms with Gasteiger partial charge in [-0.25, -0.2) is 0 Å². The highest BCUT2D eigenvalue weighted by Gasteiger charge is 2.24. The Morgan fingerprint density at radius 3 is 2.91 bits per heavy atom. The monoisotopic (exact) mass is 427 g/mol. The third-order valence-corrected chi connectivity index (χ3v) is 4.06. The van der Waals surface area contributed by atoms with Gasteiger partial charge in [-0.3, -0.25) is 4.99 Å². The van der Waals surface area contributed by atoms with Crippen molar-refractivity contribution in [3.63, 3.8) is 0 Å². The van der Waals surface area contributed by atoms with E-state index in [1.807, 2.05) is 7.05 Å². The number of guanidine groups is 1. The average molecular weight is 427 g/mol. The molecule has 2 aliphatic rings. The molecular formula is C15H30IN3O3. The molecular weight excluding hydrogens is 397 g/mol. The van der Waals surface area contributed by atoms with Gasteiger partial charge in [0.25, 0.3) is 0 Å². The zero-order valence-corrected chi connectivity index (χ0v) is 16.1. The van der Waals surface area contributed by atoms with E-state index < -0.39 is 0 Å². The molecule has 0 radical (unpaired) electrons. The minimum absolute atomic E-state index is 0. The molecule has 0 aromatic carbocycles. The Morgan fingerprint density at radius 2 is 2.23 bits per heavy atom. The van der Waals surface area contributed by atoms with Crippen molar-refractivity contribution in [1.82, 2.24) is 10.2 Å². The predicted molar refractivity (Wildman–Crippen MR) is 98.1 cm³/mol. The van der Waals surface area contributed by atoms with E-state index in [1.165, 1.54) is 6.42 Å². The molecule has 2 atom stereocenters. The quantitative estimate of drug-likeness (QED) is 0.288. The fourth-order valence-corrected chi connectivity index (χ4v) is 2.95. The third-order valence-electron chi connectivity index (χ3n) is 4.06. The molecule has 0 aliphatic carbocycles. The van der Waals surface area contributed by atoms with E-state index in [-0.39, 0.29) is 24.0 Å². The molecule has 2 unspecified atom stereocenters. The summed E-state index contributed by atoms with van der Waals surface area (Å²) in [6.07, 6.45) is 3.77. The van der Waals surface area contributed by atoms with Gasteiger partial charge in [0.2, 0.25) is 0 Å². The molecule has 2 saturated heterocycles. The molecule has 2 aliphatic heterocycles. The van der Waals surface area contributed by atoms with Crippen LogP contribution in [0.25, 0.3) is 0 Å². The summed E-state index contributed by atoms with van der Waals surface area (Å²) in [5.74, 6) is 1.58. The Balaban J connectivity index is 0.00000242. The molecule has 1 N–H and O–H groups in total. The summed E-state index contributed by atoms with van der Waals surface area (Å²) < 4.78 is 16.4. The van der Waals surface area contributed by atoms with Gasteiger partial charge in [-0.05, 0) is 19.3 Å². The second-order valence-electron chi connectivity index (χ2n) is 5.74. The van der Waals surface area contributed by atoms with Crippen LogP contribution in [0.4, 0.5) is 0 Å². The summed E-state index contributed by atoms with van der Waals surface area (Å²) in [4.78, 5) is 6.65. The van der Waals surface area contributed by atoms with Crippen molar-refractivity contribution in [3.8, 4) is 0 Å². The van der Waals surface area contributed by atoms with Crippen molar-refractivity contribution >= 4 is 29.9 Å². The SMILES string of the molecule is CN=C(NCCOCC1CCCO1)N1CCC(COC)C1.I. The molecule has 0 bridgehead atoms. The van der Waals surface area contributed by atoms with Gasteiger partial charge in [0.15, 0.2) is 5.96 Å². The minimum Gasteiger partial charge on any atom is -0.384 e. The first-order valence-corrected chi connectivity index (χ1v) is 7.97. The lowest BCUT2D eigenvalue weighted by Crippen LogP contribution is -2.41. The topological polar surface area (TPSA) is 55.3 Å². The normalized spacial score (nSPS) is 25.4. The maximum Gasteiger partial charge on any atom is 0.193 e. The van der Waals surface area contributed by atoms with E-state index in [1.54, 1.807) is 7.11 Å². The van der Waals surface area contributed by atoms with E-state index in [2.05, 4.69) is 15.2 Å². The molecule has 2 rings (SSSR count). The van der Waals surface area contributed by atoms with Crippen LogP contribution < -0.4 is 5.32 Å². The van der Waals surface area contributed by atoms with Crippen LogP contribution in [-0.2, 0) is 14.2 Å². The smallest absolute Gasteiger partial charge is 0.193 e. The maximum atomic E-state index is 5.65. The second kappa shape index (κ2) is 11.4. The number of ether oxygens (including phenoxy) is 3. The summed E-state index contributed by atoms with van der Waals surface area (Å²) >= 11 is 0. The Kier molecular flexibility index (Phi) is 10.3. The molecule has 0 aromatic heterocycles. The van der Waals surface area contributed by atoms with Crippen molar-refractivity contribution in [2.24, 2.45) is 10.9 Å². The van der Waals surface area contributed by atoms with Crippen LogP contribution >= 0.6 is 24.0 Å².